The number of hydrogen-bond acceptors (Lipinski definition) is 4. The normalized spacial score (nSPS) is 30.1. The van der Waals surface area contributed by atoms with Crippen LogP contribution in [0.4, 0.5) is 5.69 Å². The Morgan fingerprint density at radius 1 is 1.47 bits per heavy atom. The maximum atomic E-state index is 11.0. The third-order valence-corrected chi connectivity index (χ3v) is 3.34. The zero-order valence-electron chi connectivity index (χ0n) is 9.68. The predicted octanol–water partition coefficient (Wildman–Crippen LogP) is 1.87. The van der Waals surface area contributed by atoms with Crippen molar-refractivity contribution in [1.82, 2.24) is 0 Å². The van der Waals surface area contributed by atoms with Gasteiger partial charge in [0, 0.05) is 24.6 Å². The van der Waals surface area contributed by atoms with E-state index in [-0.39, 0.29) is 24.2 Å². The number of para-hydroxylation sites is 1. The van der Waals surface area contributed by atoms with Crippen molar-refractivity contribution in [2.24, 2.45) is 0 Å². The summed E-state index contributed by atoms with van der Waals surface area (Å²) in [5, 5.41) is 3.43. The maximum absolute atomic E-state index is 11.0. The van der Waals surface area contributed by atoms with Gasteiger partial charge in [0.25, 0.3) is 0 Å². The highest BCUT2D eigenvalue weighted by atomic mass is 16.6. The molecule has 0 radical (unpaired) electrons. The molecule has 0 unspecified atom stereocenters. The summed E-state index contributed by atoms with van der Waals surface area (Å²) in [7, 11) is 0. The Balaban J connectivity index is 1.85. The van der Waals surface area contributed by atoms with Crippen LogP contribution in [0.1, 0.15) is 25.0 Å². The molecule has 90 valence electrons. The van der Waals surface area contributed by atoms with Crippen LogP contribution in [0, 0.1) is 0 Å². The lowest BCUT2D eigenvalue weighted by Gasteiger charge is -2.41. The first-order valence-corrected chi connectivity index (χ1v) is 5.88. The van der Waals surface area contributed by atoms with Crippen molar-refractivity contribution in [3.63, 3.8) is 0 Å². The first kappa shape index (κ1) is 10.6. The van der Waals surface area contributed by atoms with Gasteiger partial charge in [0.15, 0.2) is 0 Å². The molecule has 4 heteroatoms. The number of hydrogen-bond donors (Lipinski definition) is 1. The molecule has 4 nitrogen and oxygen atoms in total. The lowest BCUT2D eigenvalue weighted by Crippen LogP contribution is -2.48. The fourth-order valence-corrected chi connectivity index (χ4v) is 2.58. The van der Waals surface area contributed by atoms with Gasteiger partial charge in [-0.1, -0.05) is 18.2 Å². The zero-order valence-corrected chi connectivity index (χ0v) is 9.68. The third-order valence-electron chi connectivity index (χ3n) is 3.34. The van der Waals surface area contributed by atoms with E-state index in [2.05, 4.69) is 11.4 Å². The van der Waals surface area contributed by atoms with E-state index >= 15 is 0 Å². The van der Waals surface area contributed by atoms with Gasteiger partial charge in [0.2, 0.25) is 0 Å². The average molecular weight is 233 g/mol. The number of carbonyl (C=O) groups excluding carboxylic acids is 1. The van der Waals surface area contributed by atoms with E-state index < -0.39 is 0 Å². The molecule has 3 rings (SSSR count). The predicted molar refractivity (Wildman–Crippen MR) is 62.7 cm³/mol. The molecule has 2 bridgehead atoms. The highest BCUT2D eigenvalue weighted by Gasteiger charge is 2.38. The smallest absolute Gasteiger partial charge is 0.303 e. The molecule has 17 heavy (non-hydrogen) atoms. The van der Waals surface area contributed by atoms with Gasteiger partial charge in [-0.15, -0.1) is 0 Å². The molecule has 0 amide bonds. The lowest BCUT2D eigenvalue weighted by molar-refractivity contribution is -0.158. The lowest BCUT2D eigenvalue weighted by atomic mass is 9.90. The Kier molecular flexibility index (Phi) is 2.52. The fourth-order valence-electron chi connectivity index (χ4n) is 2.58. The van der Waals surface area contributed by atoms with Crippen LogP contribution in [-0.2, 0) is 14.3 Å². The van der Waals surface area contributed by atoms with E-state index in [0.717, 1.165) is 12.1 Å². The molecular weight excluding hydrogens is 218 g/mol. The van der Waals surface area contributed by atoms with Crippen LogP contribution in [0.3, 0.4) is 0 Å². The van der Waals surface area contributed by atoms with Gasteiger partial charge >= 0.3 is 5.97 Å². The van der Waals surface area contributed by atoms with Crippen LogP contribution < -0.4 is 5.32 Å². The molecular formula is C13H15NO3. The number of anilines is 1. The molecule has 0 aromatic heterocycles. The second kappa shape index (κ2) is 4.04. The van der Waals surface area contributed by atoms with Crippen molar-refractivity contribution in [3.05, 3.63) is 29.8 Å². The topological polar surface area (TPSA) is 47.6 Å². The molecule has 1 fully saturated rings. The van der Waals surface area contributed by atoms with Gasteiger partial charge in [0.1, 0.15) is 6.10 Å². The van der Waals surface area contributed by atoms with Crippen molar-refractivity contribution < 1.29 is 14.3 Å². The van der Waals surface area contributed by atoms with Crippen LogP contribution in [-0.4, -0.2) is 24.7 Å². The highest BCUT2D eigenvalue weighted by Crippen LogP contribution is 2.39. The summed E-state index contributed by atoms with van der Waals surface area (Å²) in [6, 6.07) is 8.28. The molecule has 3 atom stereocenters. The molecule has 1 aromatic rings. The average Bonchev–Trinajstić information content (AvgIpc) is 2.32. The number of ether oxygens (including phenoxy) is 2. The van der Waals surface area contributed by atoms with Gasteiger partial charge in [-0.05, 0) is 6.07 Å². The number of rotatable bonds is 1. The molecule has 0 spiro atoms. The molecule has 0 saturated carbocycles. The van der Waals surface area contributed by atoms with Crippen molar-refractivity contribution in [2.45, 2.75) is 31.6 Å². The molecule has 2 heterocycles. The van der Waals surface area contributed by atoms with E-state index in [1.165, 1.54) is 12.5 Å². The van der Waals surface area contributed by atoms with E-state index in [9.17, 15) is 4.79 Å². The Bertz CT molecular complexity index is 446. The quantitative estimate of drug-likeness (QED) is 0.752. The van der Waals surface area contributed by atoms with Crippen molar-refractivity contribution >= 4 is 11.7 Å². The summed E-state index contributed by atoms with van der Waals surface area (Å²) >= 11 is 0. The largest absolute Gasteiger partial charge is 0.458 e. The summed E-state index contributed by atoms with van der Waals surface area (Å²) in [4.78, 5) is 11.0. The van der Waals surface area contributed by atoms with Gasteiger partial charge in [0.05, 0.1) is 18.8 Å². The van der Waals surface area contributed by atoms with E-state index in [1.54, 1.807) is 0 Å². The summed E-state index contributed by atoms with van der Waals surface area (Å²) in [6.45, 7) is 1.90. The number of fused-ring (bicyclic) bond motifs is 4. The SMILES string of the molecule is CC(=O)O[C@H]1CO[C@H]2C[C@@H]1Nc1ccccc12. The summed E-state index contributed by atoms with van der Waals surface area (Å²) in [5.41, 5.74) is 2.29. The van der Waals surface area contributed by atoms with Gasteiger partial charge in [-0.2, -0.15) is 0 Å². The van der Waals surface area contributed by atoms with Gasteiger partial charge in [-0.25, -0.2) is 0 Å². The first-order valence-electron chi connectivity index (χ1n) is 5.88. The van der Waals surface area contributed by atoms with Crippen LogP contribution in [0.25, 0.3) is 0 Å². The Hall–Kier alpha value is -1.55. The Morgan fingerprint density at radius 2 is 2.29 bits per heavy atom. The third kappa shape index (κ3) is 1.89. The minimum absolute atomic E-state index is 0.129. The number of carbonyl (C=O) groups is 1. The van der Waals surface area contributed by atoms with E-state index in [1.807, 2.05) is 18.2 Å². The monoisotopic (exact) mass is 233 g/mol. The summed E-state index contributed by atoms with van der Waals surface area (Å²) in [5.74, 6) is -0.252. The molecule has 1 saturated heterocycles. The van der Waals surface area contributed by atoms with Crippen LogP contribution in [0.2, 0.25) is 0 Å². The Labute approximate surface area is 99.9 Å². The standard InChI is InChI=1S/C13H15NO3/c1-8(15)17-13-7-16-12-6-11(13)14-10-5-3-2-4-9(10)12/h2-5,11-14H,6-7H2,1H3/t11-,12-,13-/m0/s1. The summed E-state index contributed by atoms with van der Waals surface area (Å²) in [6.07, 6.45) is 0.802. The summed E-state index contributed by atoms with van der Waals surface area (Å²) < 4.78 is 11.0. The first-order chi connectivity index (χ1) is 8.24. The molecule has 2 aliphatic heterocycles. The van der Waals surface area contributed by atoms with E-state index in [0.29, 0.717) is 6.61 Å². The van der Waals surface area contributed by atoms with Crippen LogP contribution in [0.15, 0.2) is 24.3 Å². The van der Waals surface area contributed by atoms with Crippen molar-refractivity contribution in [2.75, 3.05) is 11.9 Å². The van der Waals surface area contributed by atoms with Gasteiger partial charge < -0.3 is 14.8 Å². The maximum Gasteiger partial charge on any atom is 0.303 e. The zero-order chi connectivity index (χ0) is 11.8. The van der Waals surface area contributed by atoms with E-state index in [4.69, 9.17) is 9.47 Å². The number of nitrogens with one attached hydrogen (secondary N) is 1. The second-order valence-corrected chi connectivity index (χ2v) is 4.54. The van der Waals surface area contributed by atoms with Crippen LogP contribution >= 0.6 is 0 Å². The molecule has 2 aliphatic rings. The Morgan fingerprint density at radius 3 is 3.12 bits per heavy atom. The van der Waals surface area contributed by atoms with Crippen molar-refractivity contribution in [1.29, 1.82) is 0 Å². The van der Waals surface area contributed by atoms with Gasteiger partial charge in [-0.3, -0.25) is 4.79 Å². The minimum atomic E-state index is -0.252. The second-order valence-electron chi connectivity index (χ2n) is 4.54. The van der Waals surface area contributed by atoms with Crippen LogP contribution in [0.5, 0.6) is 0 Å². The van der Waals surface area contributed by atoms with Crippen molar-refractivity contribution in [3.8, 4) is 0 Å². The number of benzene rings is 1. The molecule has 0 aliphatic carbocycles. The highest BCUT2D eigenvalue weighted by molar-refractivity contribution is 5.66. The number of esters is 1. The fraction of sp³-hybridized carbons (Fsp3) is 0.462. The molecule has 1 N–H and O–H groups in total. The molecule has 1 aromatic carbocycles. The minimum Gasteiger partial charge on any atom is -0.458 e.